The minimum absolute atomic E-state index is 0.227. The Hall–Kier alpha value is 0.480. The number of para-hydroxylation sites is 1. The number of ether oxygens (including phenoxy) is 1. The Morgan fingerprint density at radius 2 is 2.00 bits per heavy atom. The fourth-order valence-electron chi connectivity index (χ4n) is 1.32. The first-order chi connectivity index (χ1) is 5.70. The van der Waals surface area contributed by atoms with Crippen molar-refractivity contribution in [2.45, 2.75) is 7.85 Å². The molecule has 0 aliphatic carbocycles. The summed E-state index contributed by atoms with van der Waals surface area (Å²) in [6.07, 6.45) is 1.09. The Bertz CT molecular complexity index is 296. The van der Waals surface area contributed by atoms with Crippen molar-refractivity contribution >= 4 is 45.2 Å². The zero-order chi connectivity index (χ0) is 8.60. The van der Waals surface area contributed by atoms with E-state index in [4.69, 9.17) is 4.74 Å². The van der Waals surface area contributed by atoms with Crippen LogP contribution in [0.5, 0.6) is 5.75 Å². The van der Waals surface area contributed by atoms with Crippen LogP contribution in [0.3, 0.4) is 0 Å². The van der Waals surface area contributed by atoms with E-state index in [1.54, 1.807) is 0 Å². The Morgan fingerprint density at radius 3 is 2.75 bits per heavy atom. The van der Waals surface area contributed by atoms with Gasteiger partial charge in [-0.05, 0) is 6.07 Å². The molecule has 0 atom stereocenters. The van der Waals surface area contributed by atoms with Gasteiger partial charge < -0.3 is 4.74 Å². The van der Waals surface area contributed by atoms with Gasteiger partial charge in [0.05, 0.1) is 6.61 Å². The molecule has 0 amide bonds. The highest BCUT2D eigenvalue weighted by Gasteiger charge is 2.31. The Kier molecular flexibility index (Phi) is 2.51. The summed E-state index contributed by atoms with van der Waals surface area (Å²) < 4.78 is 5.78. The molecule has 0 bridgehead atoms. The summed E-state index contributed by atoms with van der Waals surface area (Å²) in [5.41, 5.74) is 1.32. The lowest BCUT2D eigenvalue weighted by atomic mass is 10.1. The lowest BCUT2D eigenvalue weighted by molar-refractivity contribution is 0.286. The van der Waals surface area contributed by atoms with Gasteiger partial charge in [-0.2, -0.15) is 0 Å². The van der Waals surface area contributed by atoms with Gasteiger partial charge in [-0.25, -0.2) is 0 Å². The number of benzene rings is 1. The van der Waals surface area contributed by atoms with E-state index in [0.717, 1.165) is 18.8 Å². The first-order valence-electron chi connectivity index (χ1n) is 3.80. The summed E-state index contributed by atoms with van der Waals surface area (Å²) in [7, 11) is 0. The molecule has 1 aromatic carbocycles. The van der Waals surface area contributed by atoms with Crippen LogP contribution in [0.1, 0.15) is 12.0 Å². The quantitative estimate of drug-likeness (QED) is 0.490. The Morgan fingerprint density at radius 1 is 1.25 bits per heavy atom. The third kappa shape index (κ3) is 1.57. The molecular formula is C9H8I2O. The van der Waals surface area contributed by atoms with Crippen molar-refractivity contribution in [1.82, 2.24) is 0 Å². The minimum atomic E-state index is 0.227. The summed E-state index contributed by atoms with van der Waals surface area (Å²) in [6.45, 7) is 0.836. The van der Waals surface area contributed by atoms with Gasteiger partial charge in [0.1, 0.15) is 7.18 Å². The average Bonchev–Trinajstić information content (AvgIpc) is 2.04. The SMILES string of the molecule is IC1(I)CCOc2ccccc21. The number of alkyl halides is 2. The van der Waals surface area contributed by atoms with Gasteiger partial charge in [0.25, 0.3) is 0 Å². The van der Waals surface area contributed by atoms with E-state index in [-0.39, 0.29) is 1.43 Å². The molecule has 0 N–H and O–H groups in total. The predicted molar refractivity (Wildman–Crippen MR) is 66.3 cm³/mol. The number of hydrogen-bond donors (Lipinski definition) is 0. The monoisotopic (exact) mass is 386 g/mol. The van der Waals surface area contributed by atoms with Gasteiger partial charge in [0, 0.05) is 12.0 Å². The third-order valence-electron chi connectivity index (χ3n) is 1.95. The van der Waals surface area contributed by atoms with Crippen molar-refractivity contribution in [3.8, 4) is 5.75 Å². The lowest BCUT2D eigenvalue weighted by Crippen LogP contribution is -2.20. The van der Waals surface area contributed by atoms with E-state index in [1.807, 2.05) is 12.1 Å². The van der Waals surface area contributed by atoms with Crippen LogP contribution in [0.4, 0.5) is 0 Å². The van der Waals surface area contributed by atoms with E-state index >= 15 is 0 Å². The molecule has 0 saturated carbocycles. The molecule has 0 fully saturated rings. The van der Waals surface area contributed by atoms with Crippen LogP contribution >= 0.6 is 45.2 Å². The molecule has 2 rings (SSSR count). The molecule has 0 radical (unpaired) electrons. The highest BCUT2D eigenvalue weighted by Crippen LogP contribution is 2.48. The van der Waals surface area contributed by atoms with Crippen molar-refractivity contribution in [3.63, 3.8) is 0 Å². The van der Waals surface area contributed by atoms with Gasteiger partial charge in [0.2, 0.25) is 0 Å². The minimum Gasteiger partial charge on any atom is -0.493 e. The Labute approximate surface area is 99.2 Å². The molecule has 1 nitrogen and oxygen atoms in total. The van der Waals surface area contributed by atoms with Crippen LogP contribution in [0.15, 0.2) is 24.3 Å². The zero-order valence-corrected chi connectivity index (χ0v) is 10.7. The number of halogens is 2. The fraction of sp³-hybridized carbons (Fsp3) is 0.333. The molecule has 0 saturated heterocycles. The van der Waals surface area contributed by atoms with Gasteiger partial charge in [-0.15, -0.1) is 0 Å². The van der Waals surface area contributed by atoms with Crippen molar-refractivity contribution in [2.24, 2.45) is 0 Å². The van der Waals surface area contributed by atoms with Crippen molar-refractivity contribution in [1.29, 1.82) is 0 Å². The van der Waals surface area contributed by atoms with Gasteiger partial charge in [-0.3, -0.25) is 0 Å². The highest BCUT2D eigenvalue weighted by atomic mass is 127. The van der Waals surface area contributed by atoms with Crippen LogP contribution in [0, 0.1) is 0 Å². The molecular weight excluding hydrogens is 378 g/mol. The smallest absolute Gasteiger partial charge is 0.124 e. The van der Waals surface area contributed by atoms with Crippen LogP contribution < -0.4 is 4.74 Å². The highest BCUT2D eigenvalue weighted by molar-refractivity contribution is 14.2. The summed E-state index contributed by atoms with van der Waals surface area (Å²) in [5.74, 6) is 1.05. The standard InChI is InChI=1S/C9H8I2O/c10-9(11)5-6-12-8-4-2-1-3-7(8)9/h1-4H,5-6H2. The maximum Gasteiger partial charge on any atom is 0.124 e. The molecule has 0 spiro atoms. The van der Waals surface area contributed by atoms with E-state index in [1.165, 1.54) is 5.56 Å². The van der Waals surface area contributed by atoms with E-state index in [9.17, 15) is 0 Å². The van der Waals surface area contributed by atoms with Gasteiger partial charge >= 0.3 is 0 Å². The van der Waals surface area contributed by atoms with E-state index in [2.05, 4.69) is 57.3 Å². The maximum absolute atomic E-state index is 5.55. The second kappa shape index (κ2) is 3.32. The lowest BCUT2D eigenvalue weighted by Gasteiger charge is -2.28. The van der Waals surface area contributed by atoms with Gasteiger partial charge in [-0.1, -0.05) is 63.4 Å². The normalized spacial score (nSPS) is 19.5. The number of hydrogen-bond acceptors (Lipinski definition) is 1. The van der Waals surface area contributed by atoms with Gasteiger partial charge in [0.15, 0.2) is 0 Å². The second-order valence-electron chi connectivity index (χ2n) is 2.80. The largest absolute Gasteiger partial charge is 0.493 e. The summed E-state index contributed by atoms with van der Waals surface area (Å²) in [5, 5.41) is 0. The average molecular weight is 386 g/mol. The summed E-state index contributed by atoms with van der Waals surface area (Å²) in [4.78, 5) is 0. The molecule has 0 aromatic heterocycles. The molecule has 1 aliphatic heterocycles. The topological polar surface area (TPSA) is 9.23 Å². The maximum atomic E-state index is 5.55. The molecule has 3 heteroatoms. The van der Waals surface area contributed by atoms with Crippen LogP contribution in [-0.4, -0.2) is 6.61 Å². The first-order valence-corrected chi connectivity index (χ1v) is 5.96. The predicted octanol–water partition coefficient (Wildman–Crippen LogP) is 3.49. The number of rotatable bonds is 0. The second-order valence-corrected chi connectivity index (χ2v) is 8.55. The molecule has 1 aromatic rings. The molecule has 12 heavy (non-hydrogen) atoms. The fourth-order valence-corrected chi connectivity index (χ4v) is 2.65. The van der Waals surface area contributed by atoms with Crippen molar-refractivity contribution < 1.29 is 4.74 Å². The summed E-state index contributed by atoms with van der Waals surface area (Å²) >= 11 is 4.98. The van der Waals surface area contributed by atoms with Crippen LogP contribution in [-0.2, 0) is 1.43 Å². The van der Waals surface area contributed by atoms with Crippen LogP contribution in [0.25, 0.3) is 0 Å². The first kappa shape index (κ1) is 9.05. The van der Waals surface area contributed by atoms with E-state index in [0.29, 0.717) is 0 Å². The summed E-state index contributed by atoms with van der Waals surface area (Å²) in [6, 6.07) is 8.28. The number of fused-ring (bicyclic) bond motifs is 1. The molecule has 1 heterocycles. The molecule has 64 valence electrons. The third-order valence-corrected chi connectivity index (χ3v) is 4.20. The van der Waals surface area contributed by atoms with E-state index < -0.39 is 0 Å². The van der Waals surface area contributed by atoms with Crippen molar-refractivity contribution in [2.75, 3.05) is 6.61 Å². The molecule has 1 aliphatic rings. The van der Waals surface area contributed by atoms with Crippen LogP contribution in [0.2, 0.25) is 0 Å². The van der Waals surface area contributed by atoms with Crippen molar-refractivity contribution in [3.05, 3.63) is 29.8 Å². The molecule has 0 unspecified atom stereocenters. The Balaban J connectivity index is 2.52. The zero-order valence-electron chi connectivity index (χ0n) is 6.39.